The third-order valence-electron chi connectivity index (χ3n) is 3.50. The zero-order chi connectivity index (χ0) is 13.4. The molecule has 104 valence electrons. The van der Waals surface area contributed by atoms with E-state index in [0.29, 0.717) is 13.1 Å². The molecule has 1 aliphatic rings. The molecule has 1 saturated heterocycles. The Balaban J connectivity index is 2.42. The first kappa shape index (κ1) is 14.9. The lowest BCUT2D eigenvalue weighted by Crippen LogP contribution is -2.41. The van der Waals surface area contributed by atoms with Gasteiger partial charge in [-0.3, -0.25) is 20.4 Å². The Morgan fingerprint density at radius 3 is 2.06 bits per heavy atom. The van der Waals surface area contributed by atoms with Crippen molar-refractivity contribution in [3.05, 3.63) is 0 Å². The lowest BCUT2D eigenvalue weighted by Gasteiger charge is -2.18. The van der Waals surface area contributed by atoms with Crippen LogP contribution in [0.1, 0.15) is 38.5 Å². The Bertz CT molecular complexity index is 243. The van der Waals surface area contributed by atoms with E-state index in [2.05, 4.69) is 10.9 Å². The van der Waals surface area contributed by atoms with E-state index in [1.54, 1.807) is 0 Å². The molecular weight excluding hydrogens is 232 g/mol. The van der Waals surface area contributed by atoms with Crippen LogP contribution < -0.4 is 22.3 Å². The fourth-order valence-corrected chi connectivity index (χ4v) is 2.26. The topological polar surface area (TPSA) is 110 Å². The molecule has 1 fully saturated rings. The average molecular weight is 256 g/mol. The van der Waals surface area contributed by atoms with Gasteiger partial charge in [0.1, 0.15) is 0 Å². The molecule has 0 aromatic carbocycles. The number of amides is 2. The number of rotatable bonds is 2. The molecule has 0 radical (unpaired) electrons. The van der Waals surface area contributed by atoms with Crippen LogP contribution in [0.25, 0.3) is 0 Å². The molecule has 0 spiro atoms. The first-order valence-corrected chi connectivity index (χ1v) is 6.65. The van der Waals surface area contributed by atoms with Gasteiger partial charge in [-0.15, -0.1) is 0 Å². The highest BCUT2D eigenvalue weighted by atomic mass is 16.1. The Morgan fingerprint density at radius 1 is 0.833 bits per heavy atom. The maximum Gasteiger partial charge on any atom is 0.221 e. The molecule has 0 bridgehead atoms. The van der Waals surface area contributed by atoms with E-state index in [0.717, 1.165) is 38.5 Å². The third kappa shape index (κ3) is 5.46. The fraction of sp³-hybridized carbons (Fsp3) is 0.833. The van der Waals surface area contributed by atoms with Crippen LogP contribution >= 0.6 is 0 Å². The van der Waals surface area contributed by atoms with Crippen molar-refractivity contribution in [2.45, 2.75) is 38.5 Å². The van der Waals surface area contributed by atoms with Gasteiger partial charge in [-0.2, -0.15) is 0 Å². The predicted molar refractivity (Wildman–Crippen MR) is 69.1 cm³/mol. The molecule has 6 heteroatoms. The summed E-state index contributed by atoms with van der Waals surface area (Å²) in [6, 6.07) is 0. The second kappa shape index (κ2) is 8.05. The number of carbonyl (C=O) groups is 2. The van der Waals surface area contributed by atoms with Crippen LogP contribution in [0.3, 0.4) is 0 Å². The molecule has 1 aliphatic heterocycles. The van der Waals surface area contributed by atoms with Gasteiger partial charge in [-0.1, -0.05) is 19.3 Å². The monoisotopic (exact) mass is 256 g/mol. The number of primary amides is 2. The molecule has 6 N–H and O–H groups in total. The smallest absolute Gasteiger partial charge is 0.221 e. The average Bonchev–Trinajstić information content (AvgIpc) is 2.28. The molecule has 1 heterocycles. The Kier molecular flexibility index (Phi) is 6.67. The largest absolute Gasteiger partial charge is 0.369 e. The minimum Gasteiger partial charge on any atom is -0.369 e. The first-order valence-electron chi connectivity index (χ1n) is 6.65. The predicted octanol–water partition coefficient (Wildman–Crippen LogP) is -0.362. The summed E-state index contributed by atoms with van der Waals surface area (Å²) in [7, 11) is 0. The summed E-state index contributed by atoms with van der Waals surface area (Å²) in [5.74, 6) is -0.644. The van der Waals surface area contributed by atoms with Crippen LogP contribution in [0.2, 0.25) is 0 Å². The maximum atomic E-state index is 11.2. The van der Waals surface area contributed by atoms with Gasteiger partial charge in [0.15, 0.2) is 0 Å². The molecule has 1 rings (SSSR count). The van der Waals surface area contributed by atoms with Crippen molar-refractivity contribution >= 4 is 11.8 Å². The summed E-state index contributed by atoms with van der Waals surface area (Å²) in [5.41, 5.74) is 16.7. The van der Waals surface area contributed by atoms with E-state index in [9.17, 15) is 9.59 Å². The summed E-state index contributed by atoms with van der Waals surface area (Å²) in [4.78, 5) is 22.4. The number of hydrogen-bond donors (Lipinski definition) is 4. The van der Waals surface area contributed by atoms with E-state index in [1.807, 2.05) is 0 Å². The molecule has 0 aromatic rings. The number of hydrogen-bond acceptors (Lipinski definition) is 4. The summed E-state index contributed by atoms with van der Waals surface area (Å²) in [6.45, 7) is 1.20. The molecule has 2 unspecified atom stereocenters. The van der Waals surface area contributed by atoms with E-state index < -0.39 is 0 Å². The molecule has 6 nitrogen and oxygen atoms in total. The van der Waals surface area contributed by atoms with Gasteiger partial charge < -0.3 is 11.5 Å². The molecule has 2 amide bonds. The number of hydrazine groups is 1. The van der Waals surface area contributed by atoms with Crippen molar-refractivity contribution in [2.24, 2.45) is 23.3 Å². The number of nitrogens with two attached hydrogens (primary N) is 2. The van der Waals surface area contributed by atoms with Crippen LogP contribution in [0.4, 0.5) is 0 Å². The van der Waals surface area contributed by atoms with Crippen LogP contribution in [-0.4, -0.2) is 24.9 Å². The highest BCUT2D eigenvalue weighted by molar-refractivity contribution is 5.77. The van der Waals surface area contributed by atoms with Gasteiger partial charge in [-0.05, 0) is 19.3 Å². The maximum absolute atomic E-state index is 11.2. The van der Waals surface area contributed by atoms with Crippen LogP contribution in [0.5, 0.6) is 0 Å². The molecule has 0 aromatic heterocycles. The third-order valence-corrected chi connectivity index (χ3v) is 3.50. The minimum atomic E-state index is -0.253. The quantitative estimate of drug-likeness (QED) is 0.540. The zero-order valence-corrected chi connectivity index (χ0v) is 10.8. The number of carbonyl (C=O) groups excluding carboxylic acids is 2. The van der Waals surface area contributed by atoms with Crippen molar-refractivity contribution in [1.29, 1.82) is 0 Å². The highest BCUT2D eigenvalue weighted by Gasteiger charge is 2.17. The van der Waals surface area contributed by atoms with E-state index in [1.165, 1.54) is 0 Å². The molecule has 2 atom stereocenters. The Hall–Kier alpha value is -1.14. The van der Waals surface area contributed by atoms with Crippen molar-refractivity contribution in [3.63, 3.8) is 0 Å². The zero-order valence-electron chi connectivity index (χ0n) is 10.8. The second-order valence-electron chi connectivity index (χ2n) is 4.93. The summed E-state index contributed by atoms with van der Waals surface area (Å²) >= 11 is 0. The van der Waals surface area contributed by atoms with Crippen molar-refractivity contribution in [1.82, 2.24) is 10.9 Å². The Morgan fingerprint density at radius 2 is 1.44 bits per heavy atom. The highest BCUT2D eigenvalue weighted by Crippen LogP contribution is 2.16. The normalized spacial score (nSPS) is 27.8. The van der Waals surface area contributed by atoms with E-state index in [-0.39, 0.29) is 23.7 Å². The number of nitrogens with one attached hydrogen (secondary N) is 2. The van der Waals surface area contributed by atoms with E-state index >= 15 is 0 Å². The summed E-state index contributed by atoms with van der Waals surface area (Å²) < 4.78 is 0. The SMILES string of the molecule is NC(=O)C1CCCCCC(C(N)=O)CNNCC1. The fourth-order valence-electron chi connectivity index (χ4n) is 2.26. The van der Waals surface area contributed by atoms with Gasteiger partial charge in [0.05, 0.1) is 5.92 Å². The van der Waals surface area contributed by atoms with Crippen molar-refractivity contribution in [2.75, 3.05) is 13.1 Å². The van der Waals surface area contributed by atoms with Gasteiger partial charge in [-0.25, -0.2) is 0 Å². The van der Waals surface area contributed by atoms with E-state index in [4.69, 9.17) is 11.5 Å². The molecule has 0 saturated carbocycles. The molecule has 0 aliphatic carbocycles. The first-order chi connectivity index (χ1) is 8.61. The minimum absolute atomic E-state index is 0.0503. The van der Waals surface area contributed by atoms with Crippen molar-refractivity contribution in [3.8, 4) is 0 Å². The standard InChI is InChI=1S/C12H24N4O2/c13-11(17)9-4-2-1-3-5-10(12(14)18)8-16-15-7-6-9/h9-10,15-16H,1-8H2,(H2,13,17)(H2,14,18). The lowest BCUT2D eigenvalue weighted by molar-refractivity contribution is -0.122. The molecule has 18 heavy (non-hydrogen) atoms. The van der Waals surface area contributed by atoms with Gasteiger partial charge in [0.25, 0.3) is 0 Å². The summed E-state index contributed by atoms with van der Waals surface area (Å²) in [6.07, 6.45) is 5.31. The van der Waals surface area contributed by atoms with Crippen molar-refractivity contribution < 1.29 is 9.59 Å². The second-order valence-corrected chi connectivity index (χ2v) is 4.93. The summed E-state index contributed by atoms with van der Waals surface area (Å²) in [5, 5.41) is 0. The van der Waals surface area contributed by atoms with Crippen LogP contribution in [0.15, 0.2) is 0 Å². The van der Waals surface area contributed by atoms with Gasteiger partial charge in [0.2, 0.25) is 11.8 Å². The van der Waals surface area contributed by atoms with Gasteiger partial charge >= 0.3 is 0 Å². The van der Waals surface area contributed by atoms with Crippen LogP contribution in [0, 0.1) is 11.8 Å². The molecular formula is C12H24N4O2. The van der Waals surface area contributed by atoms with Gasteiger partial charge in [0, 0.05) is 19.0 Å². The Labute approximate surface area is 108 Å². The lowest BCUT2D eigenvalue weighted by atomic mass is 9.94. The van der Waals surface area contributed by atoms with Crippen LogP contribution in [-0.2, 0) is 9.59 Å².